The standard InChI is InChI=1S/C19H20ClNO4/c20-15-5-7-17(8-6-15)25-14-16(22)11-21(12-18-3-1-9-23-18)13-19-4-2-10-24-19/h1-10,16,22H,11-14H2/t16-/m0/s1. The van der Waals surface area contributed by atoms with Gasteiger partial charge in [0, 0.05) is 11.6 Å². The van der Waals surface area contributed by atoms with Gasteiger partial charge in [0.2, 0.25) is 0 Å². The lowest BCUT2D eigenvalue weighted by atomic mass is 10.3. The molecule has 6 heteroatoms. The van der Waals surface area contributed by atoms with Gasteiger partial charge in [-0.05, 0) is 48.5 Å². The maximum atomic E-state index is 10.3. The molecule has 3 aromatic rings. The highest BCUT2D eigenvalue weighted by Crippen LogP contribution is 2.16. The van der Waals surface area contributed by atoms with E-state index in [2.05, 4.69) is 0 Å². The van der Waals surface area contributed by atoms with E-state index >= 15 is 0 Å². The van der Waals surface area contributed by atoms with Gasteiger partial charge in [-0.15, -0.1) is 0 Å². The van der Waals surface area contributed by atoms with Gasteiger partial charge in [-0.3, -0.25) is 4.90 Å². The van der Waals surface area contributed by atoms with Crippen LogP contribution in [0.25, 0.3) is 0 Å². The molecule has 0 aliphatic carbocycles. The first-order valence-electron chi connectivity index (χ1n) is 8.02. The molecule has 1 atom stereocenters. The molecule has 0 saturated heterocycles. The predicted molar refractivity (Wildman–Crippen MR) is 94.5 cm³/mol. The Morgan fingerprint density at radius 1 is 0.960 bits per heavy atom. The molecule has 0 radical (unpaired) electrons. The largest absolute Gasteiger partial charge is 0.491 e. The third-order valence-electron chi connectivity index (χ3n) is 3.64. The van der Waals surface area contributed by atoms with Gasteiger partial charge in [-0.25, -0.2) is 0 Å². The normalized spacial score (nSPS) is 12.4. The first kappa shape index (κ1) is 17.6. The Hall–Kier alpha value is -2.21. The van der Waals surface area contributed by atoms with Gasteiger partial charge in [-0.2, -0.15) is 0 Å². The average Bonchev–Trinajstić information content (AvgIpc) is 3.28. The van der Waals surface area contributed by atoms with Crippen molar-refractivity contribution in [3.63, 3.8) is 0 Å². The number of furan rings is 2. The molecular weight excluding hydrogens is 342 g/mol. The second kappa shape index (κ2) is 8.76. The van der Waals surface area contributed by atoms with Crippen LogP contribution in [0.2, 0.25) is 5.02 Å². The summed E-state index contributed by atoms with van der Waals surface area (Å²) < 4.78 is 16.4. The highest BCUT2D eigenvalue weighted by Gasteiger charge is 2.16. The van der Waals surface area contributed by atoms with Crippen LogP contribution in [0.3, 0.4) is 0 Å². The molecule has 1 aromatic carbocycles. The van der Waals surface area contributed by atoms with E-state index < -0.39 is 6.10 Å². The van der Waals surface area contributed by atoms with Crippen LogP contribution in [-0.2, 0) is 13.1 Å². The minimum Gasteiger partial charge on any atom is -0.491 e. The second-order valence-corrected chi connectivity index (χ2v) is 6.18. The van der Waals surface area contributed by atoms with Crippen molar-refractivity contribution in [3.8, 4) is 5.75 Å². The van der Waals surface area contributed by atoms with Gasteiger partial charge in [-0.1, -0.05) is 11.6 Å². The molecule has 0 spiro atoms. The summed E-state index contributed by atoms with van der Waals surface area (Å²) in [5.74, 6) is 2.34. The van der Waals surface area contributed by atoms with Crippen molar-refractivity contribution >= 4 is 11.6 Å². The summed E-state index contributed by atoms with van der Waals surface area (Å²) in [5, 5.41) is 11.0. The average molecular weight is 362 g/mol. The van der Waals surface area contributed by atoms with E-state index in [1.165, 1.54) is 0 Å². The highest BCUT2D eigenvalue weighted by atomic mass is 35.5. The first-order valence-corrected chi connectivity index (χ1v) is 8.40. The smallest absolute Gasteiger partial charge is 0.119 e. The van der Waals surface area contributed by atoms with E-state index in [-0.39, 0.29) is 6.61 Å². The maximum Gasteiger partial charge on any atom is 0.119 e. The van der Waals surface area contributed by atoms with Crippen molar-refractivity contribution in [1.29, 1.82) is 0 Å². The van der Waals surface area contributed by atoms with E-state index in [0.717, 1.165) is 11.5 Å². The lowest BCUT2D eigenvalue weighted by Gasteiger charge is -2.23. The fraction of sp³-hybridized carbons (Fsp3) is 0.263. The zero-order valence-corrected chi connectivity index (χ0v) is 14.4. The second-order valence-electron chi connectivity index (χ2n) is 5.75. The minimum absolute atomic E-state index is 0.189. The van der Waals surface area contributed by atoms with E-state index in [4.69, 9.17) is 25.2 Å². The number of benzene rings is 1. The molecule has 5 nitrogen and oxygen atoms in total. The Morgan fingerprint density at radius 3 is 2.08 bits per heavy atom. The third-order valence-corrected chi connectivity index (χ3v) is 3.90. The summed E-state index contributed by atoms with van der Waals surface area (Å²) >= 11 is 5.85. The van der Waals surface area contributed by atoms with E-state index in [1.54, 1.807) is 36.8 Å². The quantitative estimate of drug-likeness (QED) is 0.625. The number of hydrogen-bond acceptors (Lipinski definition) is 5. The summed E-state index contributed by atoms with van der Waals surface area (Å²) in [7, 11) is 0. The lowest BCUT2D eigenvalue weighted by molar-refractivity contribution is 0.0580. The molecule has 0 aliphatic rings. The number of aliphatic hydroxyl groups is 1. The Kier molecular flexibility index (Phi) is 6.17. The fourth-order valence-electron chi connectivity index (χ4n) is 2.50. The zero-order chi connectivity index (χ0) is 17.5. The van der Waals surface area contributed by atoms with Gasteiger partial charge < -0.3 is 18.7 Å². The van der Waals surface area contributed by atoms with Crippen molar-refractivity contribution in [2.45, 2.75) is 19.2 Å². The highest BCUT2D eigenvalue weighted by molar-refractivity contribution is 6.30. The molecule has 0 saturated carbocycles. The molecule has 3 rings (SSSR count). The molecule has 2 heterocycles. The van der Waals surface area contributed by atoms with Crippen LogP contribution in [0.15, 0.2) is 69.9 Å². The molecule has 1 N–H and O–H groups in total. The summed E-state index contributed by atoms with van der Waals surface area (Å²) in [6.45, 7) is 1.76. The van der Waals surface area contributed by atoms with Crippen molar-refractivity contribution in [3.05, 3.63) is 77.6 Å². The molecule has 132 valence electrons. The van der Waals surface area contributed by atoms with Crippen molar-refractivity contribution in [2.24, 2.45) is 0 Å². The van der Waals surface area contributed by atoms with Crippen LogP contribution in [-0.4, -0.2) is 29.3 Å². The van der Waals surface area contributed by atoms with Crippen LogP contribution in [0.1, 0.15) is 11.5 Å². The minimum atomic E-state index is -0.652. The molecule has 0 aliphatic heterocycles. The number of hydrogen-bond donors (Lipinski definition) is 1. The summed E-state index contributed by atoms with van der Waals surface area (Å²) in [6.07, 6.45) is 2.63. The Labute approximate surface area is 151 Å². The Balaban J connectivity index is 1.55. The maximum absolute atomic E-state index is 10.3. The molecule has 0 unspecified atom stereocenters. The van der Waals surface area contributed by atoms with Gasteiger partial charge in [0.1, 0.15) is 30.0 Å². The van der Waals surface area contributed by atoms with Crippen molar-refractivity contribution in [2.75, 3.05) is 13.2 Å². The molecule has 0 amide bonds. The van der Waals surface area contributed by atoms with Crippen LogP contribution in [0.4, 0.5) is 0 Å². The molecular formula is C19H20ClNO4. The molecule has 0 fully saturated rings. The summed E-state index contributed by atoms with van der Waals surface area (Å²) in [6, 6.07) is 14.6. The number of halogens is 1. The van der Waals surface area contributed by atoms with Gasteiger partial charge in [0.05, 0.1) is 25.6 Å². The molecule has 0 bridgehead atoms. The van der Waals surface area contributed by atoms with Crippen molar-refractivity contribution in [1.82, 2.24) is 4.90 Å². The van der Waals surface area contributed by atoms with Crippen LogP contribution in [0.5, 0.6) is 5.75 Å². The molecule has 2 aromatic heterocycles. The van der Waals surface area contributed by atoms with Gasteiger partial charge >= 0.3 is 0 Å². The summed E-state index contributed by atoms with van der Waals surface area (Å²) in [5.41, 5.74) is 0. The number of aliphatic hydroxyl groups excluding tert-OH is 1. The third kappa shape index (κ3) is 5.67. The first-order chi connectivity index (χ1) is 12.2. The van der Waals surface area contributed by atoms with Crippen LogP contribution >= 0.6 is 11.6 Å². The predicted octanol–water partition coefficient (Wildman–Crippen LogP) is 3.97. The topological polar surface area (TPSA) is 59.0 Å². The number of nitrogens with zero attached hydrogens (tertiary/aromatic N) is 1. The van der Waals surface area contributed by atoms with E-state index in [9.17, 15) is 5.11 Å². The number of rotatable bonds is 9. The lowest BCUT2D eigenvalue weighted by Crippen LogP contribution is -2.34. The Morgan fingerprint density at radius 2 is 1.56 bits per heavy atom. The summed E-state index contributed by atoms with van der Waals surface area (Å²) in [4.78, 5) is 2.05. The van der Waals surface area contributed by atoms with Crippen molar-refractivity contribution < 1.29 is 18.7 Å². The Bertz CT molecular complexity index is 689. The molecule has 25 heavy (non-hydrogen) atoms. The van der Waals surface area contributed by atoms with Crippen LogP contribution < -0.4 is 4.74 Å². The fourth-order valence-corrected chi connectivity index (χ4v) is 2.63. The SMILES string of the molecule is O[C@H](COc1ccc(Cl)cc1)CN(Cc1ccco1)Cc1ccco1. The van der Waals surface area contributed by atoms with Gasteiger partial charge in [0.25, 0.3) is 0 Å². The zero-order valence-electron chi connectivity index (χ0n) is 13.7. The van der Waals surface area contributed by atoms with E-state index in [0.29, 0.717) is 30.4 Å². The van der Waals surface area contributed by atoms with E-state index in [1.807, 2.05) is 29.2 Å². The number of ether oxygens (including phenoxy) is 1. The monoisotopic (exact) mass is 361 g/mol. The van der Waals surface area contributed by atoms with Gasteiger partial charge in [0.15, 0.2) is 0 Å². The van der Waals surface area contributed by atoms with Crippen LogP contribution in [0, 0.1) is 0 Å².